The van der Waals surface area contributed by atoms with Gasteiger partial charge >= 0.3 is 0 Å². The fourth-order valence-electron chi connectivity index (χ4n) is 3.26. The third kappa shape index (κ3) is 2.25. The predicted octanol–water partition coefficient (Wildman–Crippen LogP) is 2.65. The van der Waals surface area contributed by atoms with Crippen LogP contribution in [-0.4, -0.2) is 20.6 Å². The van der Waals surface area contributed by atoms with Gasteiger partial charge in [-0.05, 0) is 11.6 Å². The van der Waals surface area contributed by atoms with Crippen molar-refractivity contribution in [1.82, 2.24) is 14.5 Å². The first-order valence-corrected chi connectivity index (χ1v) is 7.34. The van der Waals surface area contributed by atoms with Gasteiger partial charge in [0.05, 0.1) is 11.7 Å². The Balaban J connectivity index is 1.80. The van der Waals surface area contributed by atoms with Gasteiger partial charge in [0.15, 0.2) is 11.6 Å². The maximum atomic E-state index is 14.1. The summed E-state index contributed by atoms with van der Waals surface area (Å²) in [5.41, 5.74) is 7.21. The van der Waals surface area contributed by atoms with Crippen molar-refractivity contribution in [2.45, 2.75) is 24.9 Å². The molecule has 2 atom stereocenters. The van der Waals surface area contributed by atoms with Gasteiger partial charge in [0.25, 0.3) is 0 Å². The Bertz CT molecular complexity index is 953. The minimum atomic E-state index is -1.24. The molecule has 0 aliphatic carbocycles. The third-order valence-electron chi connectivity index (χ3n) is 4.43. The third-order valence-corrected chi connectivity index (χ3v) is 4.43. The second-order valence-corrected chi connectivity index (χ2v) is 5.90. The van der Waals surface area contributed by atoms with Gasteiger partial charge in [-0.15, -0.1) is 0 Å². The van der Waals surface area contributed by atoms with E-state index in [4.69, 9.17) is 5.73 Å². The number of halogens is 4. The summed E-state index contributed by atoms with van der Waals surface area (Å²) in [4.78, 5) is 7.92. The molecule has 4 nitrogen and oxygen atoms in total. The molecule has 124 valence electrons. The Morgan fingerprint density at radius 1 is 1.04 bits per heavy atom. The van der Waals surface area contributed by atoms with Crippen molar-refractivity contribution in [3.05, 3.63) is 59.2 Å². The fourth-order valence-corrected chi connectivity index (χ4v) is 3.26. The first kappa shape index (κ1) is 15.1. The lowest BCUT2D eigenvalue weighted by Crippen LogP contribution is -2.39. The number of nitrogens with two attached hydrogens (primary N) is 1. The van der Waals surface area contributed by atoms with E-state index in [-0.39, 0.29) is 18.5 Å². The highest BCUT2D eigenvalue weighted by Gasteiger charge is 2.32. The number of aromatic nitrogens is 3. The smallest absolute Gasteiger partial charge is 0.215 e. The lowest BCUT2D eigenvalue weighted by molar-refractivity contribution is 0.391. The van der Waals surface area contributed by atoms with Crippen molar-refractivity contribution in [1.29, 1.82) is 0 Å². The van der Waals surface area contributed by atoms with Crippen molar-refractivity contribution in [2.75, 3.05) is 0 Å². The van der Waals surface area contributed by atoms with Crippen molar-refractivity contribution in [3.8, 4) is 0 Å². The van der Waals surface area contributed by atoms with Crippen molar-refractivity contribution in [2.24, 2.45) is 5.73 Å². The second kappa shape index (κ2) is 5.27. The number of hydrogen-bond acceptors (Lipinski definition) is 3. The number of nitrogens with zero attached hydrogens (tertiary/aromatic N) is 3. The van der Waals surface area contributed by atoms with Crippen molar-refractivity contribution >= 4 is 11.0 Å². The maximum absolute atomic E-state index is 14.1. The van der Waals surface area contributed by atoms with E-state index >= 15 is 0 Å². The van der Waals surface area contributed by atoms with Crippen LogP contribution in [0.25, 0.3) is 11.0 Å². The van der Waals surface area contributed by atoms with Crippen LogP contribution in [0.3, 0.4) is 0 Å². The summed E-state index contributed by atoms with van der Waals surface area (Å²) in [6.07, 6.45) is 1.55. The van der Waals surface area contributed by atoms with Gasteiger partial charge in [-0.25, -0.2) is 23.1 Å². The van der Waals surface area contributed by atoms with Crippen LogP contribution >= 0.6 is 0 Å². The maximum Gasteiger partial charge on any atom is 0.215 e. The molecule has 2 N–H and O–H groups in total. The molecule has 0 bridgehead atoms. The molecule has 8 heteroatoms. The molecule has 0 radical (unpaired) electrons. The summed E-state index contributed by atoms with van der Waals surface area (Å²) < 4.78 is 55.8. The number of imidazole rings is 1. The van der Waals surface area contributed by atoms with E-state index in [1.54, 1.807) is 4.57 Å². The summed E-state index contributed by atoms with van der Waals surface area (Å²) in [6, 6.07) is 2.07. The molecule has 24 heavy (non-hydrogen) atoms. The number of fused-ring (bicyclic) bond motifs is 3. The Morgan fingerprint density at radius 2 is 1.79 bits per heavy atom. The molecule has 4 rings (SSSR count). The molecule has 3 heterocycles. The van der Waals surface area contributed by atoms with E-state index in [0.29, 0.717) is 22.9 Å². The van der Waals surface area contributed by atoms with Gasteiger partial charge in [0.1, 0.15) is 17.2 Å². The average molecular weight is 336 g/mol. The summed E-state index contributed by atoms with van der Waals surface area (Å²) in [5.74, 6) is -3.81. The van der Waals surface area contributed by atoms with Gasteiger partial charge in [-0.3, -0.25) is 0 Å². The molecule has 2 aromatic heterocycles. The summed E-state index contributed by atoms with van der Waals surface area (Å²) in [5, 5.41) is 0. The molecule has 1 aromatic carbocycles. The van der Waals surface area contributed by atoms with E-state index in [1.165, 1.54) is 12.3 Å². The van der Waals surface area contributed by atoms with Gasteiger partial charge in [-0.2, -0.15) is 4.39 Å². The largest absolute Gasteiger partial charge is 0.326 e. The highest BCUT2D eigenvalue weighted by atomic mass is 19.2. The zero-order valence-corrected chi connectivity index (χ0v) is 12.3. The SMILES string of the molecule is NC1Cn2c(nc3cnc(F)cc32)C[C@@H]1c1cc(F)c(F)cc1F. The number of hydrogen-bond donors (Lipinski definition) is 1. The van der Waals surface area contributed by atoms with Crippen LogP contribution in [0.2, 0.25) is 0 Å². The molecule has 0 saturated carbocycles. The van der Waals surface area contributed by atoms with Crippen LogP contribution < -0.4 is 5.73 Å². The predicted molar refractivity (Wildman–Crippen MR) is 78.2 cm³/mol. The van der Waals surface area contributed by atoms with Crippen LogP contribution in [0, 0.1) is 23.4 Å². The molecule has 1 unspecified atom stereocenters. The first-order valence-electron chi connectivity index (χ1n) is 7.34. The monoisotopic (exact) mass is 336 g/mol. The van der Waals surface area contributed by atoms with Gasteiger partial charge in [0.2, 0.25) is 5.95 Å². The van der Waals surface area contributed by atoms with E-state index in [0.717, 1.165) is 6.07 Å². The van der Waals surface area contributed by atoms with E-state index in [1.807, 2.05) is 0 Å². The quantitative estimate of drug-likeness (QED) is 0.422. The fraction of sp³-hybridized carbons (Fsp3) is 0.250. The molecule has 0 fully saturated rings. The first-order chi connectivity index (χ1) is 11.4. The highest BCUT2D eigenvalue weighted by Crippen LogP contribution is 2.33. The number of pyridine rings is 1. The summed E-state index contributed by atoms with van der Waals surface area (Å²) in [7, 11) is 0. The van der Waals surface area contributed by atoms with Crippen LogP contribution in [-0.2, 0) is 13.0 Å². The summed E-state index contributed by atoms with van der Waals surface area (Å²) in [6.45, 7) is 0.262. The van der Waals surface area contributed by atoms with E-state index in [9.17, 15) is 17.6 Å². The Morgan fingerprint density at radius 3 is 2.58 bits per heavy atom. The number of benzene rings is 1. The molecule has 3 aromatic rings. The average Bonchev–Trinajstić information content (AvgIpc) is 2.87. The zero-order valence-electron chi connectivity index (χ0n) is 12.3. The standard InChI is InChI=1S/C16H12F4N4/c17-9-3-11(19)10(18)1-7(9)8-2-16-23-13-5-22-15(20)4-14(13)24(16)6-12(8)21/h1,3-5,8,12H,2,6,21H2/t8-,12?/m1/s1. The molecule has 0 saturated heterocycles. The molecule has 0 amide bonds. The van der Waals surface area contributed by atoms with Gasteiger partial charge in [-0.1, -0.05) is 0 Å². The Kier molecular flexibility index (Phi) is 3.31. The topological polar surface area (TPSA) is 56.7 Å². The van der Waals surface area contributed by atoms with Crippen LogP contribution in [0.1, 0.15) is 17.3 Å². The molecule has 0 spiro atoms. The van der Waals surface area contributed by atoms with Gasteiger partial charge < -0.3 is 10.3 Å². The minimum absolute atomic E-state index is 0.0176. The highest BCUT2D eigenvalue weighted by molar-refractivity contribution is 5.75. The lowest BCUT2D eigenvalue weighted by Gasteiger charge is -2.30. The van der Waals surface area contributed by atoms with E-state index < -0.39 is 35.4 Å². The van der Waals surface area contributed by atoms with Crippen LogP contribution in [0.5, 0.6) is 0 Å². The van der Waals surface area contributed by atoms with E-state index in [2.05, 4.69) is 9.97 Å². The van der Waals surface area contributed by atoms with Crippen molar-refractivity contribution < 1.29 is 17.6 Å². The minimum Gasteiger partial charge on any atom is -0.326 e. The van der Waals surface area contributed by atoms with Gasteiger partial charge in [0, 0.05) is 37.1 Å². The summed E-state index contributed by atoms with van der Waals surface area (Å²) >= 11 is 0. The molecule has 1 aliphatic heterocycles. The second-order valence-electron chi connectivity index (χ2n) is 5.90. The number of rotatable bonds is 1. The normalized spacial score (nSPS) is 20.4. The molecular formula is C16H12F4N4. The zero-order chi connectivity index (χ0) is 17.0. The Hall–Kier alpha value is -2.48. The van der Waals surface area contributed by atoms with Crippen molar-refractivity contribution in [3.63, 3.8) is 0 Å². The van der Waals surface area contributed by atoms with Crippen LogP contribution in [0.15, 0.2) is 24.4 Å². The molecular weight excluding hydrogens is 324 g/mol. The van der Waals surface area contributed by atoms with Crippen LogP contribution in [0.4, 0.5) is 17.6 Å². The molecule has 1 aliphatic rings. The lowest BCUT2D eigenvalue weighted by atomic mass is 9.86. The Labute approximate surface area is 133 Å².